The van der Waals surface area contributed by atoms with Crippen LogP contribution in [0, 0.1) is 5.41 Å². The Morgan fingerprint density at radius 2 is 1.95 bits per heavy atom. The smallest absolute Gasteiger partial charge is 0.243 e. The zero-order valence-corrected chi connectivity index (χ0v) is 14.4. The summed E-state index contributed by atoms with van der Waals surface area (Å²) in [5, 5.41) is 3.00. The van der Waals surface area contributed by atoms with Crippen molar-refractivity contribution >= 4 is 11.8 Å². The average Bonchev–Trinajstić information content (AvgIpc) is 2.94. The van der Waals surface area contributed by atoms with Gasteiger partial charge in [-0.05, 0) is 47.0 Å². The number of ether oxygens (including phenoxy) is 1. The molecule has 2 rings (SSSR count). The fourth-order valence-corrected chi connectivity index (χ4v) is 3.79. The number of hydrogen-bond donors (Lipinski definition) is 1. The SMILES string of the molecule is CC(C)OCCCNC(=O)C1N(C(C)C)C(=O)C12CCCC2. The maximum absolute atomic E-state index is 12.6. The number of rotatable bonds is 7. The lowest BCUT2D eigenvalue weighted by Crippen LogP contribution is -2.74. The molecule has 126 valence electrons. The molecular formula is C17H30N2O3. The molecule has 2 aliphatic rings. The fourth-order valence-electron chi connectivity index (χ4n) is 3.79. The van der Waals surface area contributed by atoms with Gasteiger partial charge in [0.2, 0.25) is 11.8 Å². The number of likely N-dealkylation sites (tertiary alicyclic amines) is 1. The van der Waals surface area contributed by atoms with Crippen LogP contribution in [0.25, 0.3) is 0 Å². The average molecular weight is 310 g/mol. The summed E-state index contributed by atoms with van der Waals surface area (Å²) >= 11 is 0. The molecule has 0 aromatic carbocycles. The van der Waals surface area contributed by atoms with Crippen LogP contribution in [0.5, 0.6) is 0 Å². The van der Waals surface area contributed by atoms with E-state index in [9.17, 15) is 9.59 Å². The molecule has 0 radical (unpaired) electrons. The van der Waals surface area contributed by atoms with Gasteiger partial charge >= 0.3 is 0 Å². The monoisotopic (exact) mass is 310 g/mol. The molecule has 22 heavy (non-hydrogen) atoms. The van der Waals surface area contributed by atoms with Crippen molar-refractivity contribution in [1.82, 2.24) is 10.2 Å². The third-order valence-corrected chi connectivity index (χ3v) is 4.83. The van der Waals surface area contributed by atoms with Crippen LogP contribution in [0.4, 0.5) is 0 Å². The lowest BCUT2D eigenvalue weighted by Gasteiger charge is -2.55. The van der Waals surface area contributed by atoms with Crippen molar-refractivity contribution in [2.24, 2.45) is 5.41 Å². The van der Waals surface area contributed by atoms with Crippen molar-refractivity contribution in [2.45, 2.75) is 78.0 Å². The van der Waals surface area contributed by atoms with Gasteiger partial charge in [-0.3, -0.25) is 9.59 Å². The van der Waals surface area contributed by atoms with Crippen molar-refractivity contribution in [1.29, 1.82) is 0 Å². The Bertz CT molecular complexity index is 414. The summed E-state index contributed by atoms with van der Waals surface area (Å²) < 4.78 is 5.48. The highest BCUT2D eigenvalue weighted by Gasteiger charge is 2.64. The summed E-state index contributed by atoms with van der Waals surface area (Å²) in [6, 6.07) is -0.188. The Kier molecular flexibility index (Phi) is 5.48. The summed E-state index contributed by atoms with van der Waals surface area (Å²) in [5.41, 5.74) is -0.400. The molecule has 1 aliphatic carbocycles. The van der Waals surface area contributed by atoms with Crippen LogP contribution in [0.2, 0.25) is 0 Å². The predicted molar refractivity (Wildman–Crippen MR) is 85.4 cm³/mol. The minimum absolute atomic E-state index is 0.0137. The van der Waals surface area contributed by atoms with Crippen molar-refractivity contribution in [3.63, 3.8) is 0 Å². The van der Waals surface area contributed by atoms with E-state index in [4.69, 9.17) is 4.74 Å². The second kappa shape index (κ2) is 6.99. The summed E-state index contributed by atoms with van der Waals surface area (Å²) in [4.78, 5) is 26.9. The molecule has 2 amide bonds. The second-order valence-corrected chi connectivity index (χ2v) is 7.14. The molecular weight excluding hydrogens is 280 g/mol. The number of β-lactam (4-membered cyclic amide) rings is 1. The summed E-state index contributed by atoms with van der Waals surface area (Å²) in [6.45, 7) is 9.23. The van der Waals surface area contributed by atoms with Gasteiger partial charge in [0.15, 0.2) is 0 Å². The molecule has 2 fully saturated rings. The highest BCUT2D eigenvalue weighted by atomic mass is 16.5. The van der Waals surface area contributed by atoms with Gasteiger partial charge in [0.1, 0.15) is 6.04 Å². The number of nitrogens with zero attached hydrogens (tertiary/aromatic N) is 1. The van der Waals surface area contributed by atoms with Gasteiger partial charge in [0, 0.05) is 19.2 Å². The Labute approximate surface area is 133 Å². The van der Waals surface area contributed by atoms with Gasteiger partial charge in [-0.2, -0.15) is 0 Å². The minimum Gasteiger partial charge on any atom is -0.379 e. The number of amides is 2. The predicted octanol–water partition coefficient (Wildman–Crippen LogP) is 2.10. The van der Waals surface area contributed by atoms with Gasteiger partial charge in [-0.15, -0.1) is 0 Å². The van der Waals surface area contributed by atoms with Crippen LogP contribution in [-0.2, 0) is 14.3 Å². The first kappa shape index (κ1) is 17.3. The Hall–Kier alpha value is -1.10. The van der Waals surface area contributed by atoms with Crippen LogP contribution in [0.1, 0.15) is 59.8 Å². The van der Waals surface area contributed by atoms with Gasteiger partial charge in [-0.25, -0.2) is 0 Å². The third-order valence-electron chi connectivity index (χ3n) is 4.83. The quantitative estimate of drug-likeness (QED) is 0.579. The third kappa shape index (κ3) is 3.14. The van der Waals surface area contributed by atoms with E-state index in [0.29, 0.717) is 13.2 Å². The Morgan fingerprint density at radius 3 is 2.50 bits per heavy atom. The van der Waals surface area contributed by atoms with Crippen molar-refractivity contribution < 1.29 is 14.3 Å². The summed E-state index contributed by atoms with van der Waals surface area (Å²) in [6.07, 6.45) is 4.87. The molecule has 1 aliphatic heterocycles. The lowest BCUT2D eigenvalue weighted by atomic mass is 9.68. The number of hydrogen-bond acceptors (Lipinski definition) is 3. The lowest BCUT2D eigenvalue weighted by molar-refractivity contribution is -0.181. The molecule has 5 nitrogen and oxygen atoms in total. The molecule has 1 saturated heterocycles. The largest absolute Gasteiger partial charge is 0.379 e. The zero-order chi connectivity index (χ0) is 16.3. The van der Waals surface area contributed by atoms with Crippen LogP contribution in [-0.4, -0.2) is 48.1 Å². The van der Waals surface area contributed by atoms with E-state index in [1.54, 1.807) is 4.90 Å². The van der Waals surface area contributed by atoms with E-state index in [-0.39, 0.29) is 30.0 Å². The maximum Gasteiger partial charge on any atom is 0.243 e. The van der Waals surface area contributed by atoms with Gasteiger partial charge < -0.3 is 15.0 Å². The van der Waals surface area contributed by atoms with E-state index >= 15 is 0 Å². The molecule has 1 N–H and O–H groups in total. The minimum atomic E-state index is -0.400. The second-order valence-electron chi connectivity index (χ2n) is 7.14. The topological polar surface area (TPSA) is 58.6 Å². The van der Waals surface area contributed by atoms with Crippen LogP contribution in [0.15, 0.2) is 0 Å². The maximum atomic E-state index is 12.6. The molecule has 0 aromatic rings. The first-order valence-electron chi connectivity index (χ1n) is 8.62. The highest BCUT2D eigenvalue weighted by molar-refractivity contribution is 6.02. The number of carbonyl (C=O) groups excluding carboxylic acids is 2. The van der Waals surface area contributed by atoms with Gasteiger partial charge in [-0.1, -0.05) is 12.8 Å². The first-order chi connectivity index (χ1) is 10.4. The standard InChI is InChI=1S/C17H30N2O3/c1-12(2)19-14(17(16(19)21)8-5-6-9-17)15(20)18-10-7-11-22-13(3)4/h12-14H,5-11H2,1-4H3,(H,18,20). The Balaban J connectivity index is 1.89. The number of carbonyl (C=O) groups is 2. The van der Waals surface area contributed by atoms with E-state index < -0.39 is 5.41 Å². The van der Waals surface area contributed by atoms with E-state index in [2.05, 4.69) is 5.32 Å². The molecule has 0 aromatic heterocycles. The van der Waals surface area contributed by atoms with Gasteiger partial charge in [0.25, 0.3) is 0 Å². The molecule has 1 atom stereocenters. The first-order valence-corrected chi connectivity index (χ1v) is 8.62. The molecule has 1 unspecified atom stereocenters. The van der Waals surface area contributed by atoms with E-state index in [1.807, 2.05) is 27.7 Å². The molecule has 1 saturated carbocycles. The Morgan fingerprint density at radius 1 is 1.32 bits per heavy atom. The van der Waals surface area contributed by atoms with Crippen LogP contribution < -0.4 is 5.32 Å². The van der Waals surface area contributed by atoms with Crippen molar-refractivity contribution in [2.75, 3.05) is 13.2 Å². The van der Waals surface area contributed by atoms with E-state index in [1.165, 1.54) is 0 Å². The number of nitrogens with one attached hydrogen (secondary N) is 1. The van der Waals surface area contributed by atoms with Crippen molar-refractivity contribution in [3.8, 4) is 0 Å². The molecule has 5 heteroatoms. The fraction of sp³-hybridized carbons (Fsp3) is 0.882. The van der Waals surface area contributed by atoms with Crippen LogP contribution in [0.3, 0.4) is 0 Å². The van der Waals surface area contributed by atoms with E-state index in [0.717, 1.165) is 32.1 Å². The van der Waals surface area contributed by atoms with Crippen molar-refractivity contribution in [3.05, 3.63) is 0 Å². The molecule has 1 heterocycles. The highest BCUT2D eigenvalue weighted by Crippen LogP contribution is 2.52. The summed E-state index contributed by atoms with van der Waals surface area (Å²) in [7, 11) is 0. The van der Waals surface area contributed by atoms with Crippen LogP contribution >= 0.6 is 0 Å². The normalized spacial score (nSPS) is 23.5. The molecule has 0 bridgehead atoms. The van der Waals surface area contributed by atoms with Gasteiger partial charge in [0.05, 0.1) is 11.5 Å². The molecule has 1 spiro atoms. The zero-order valence-electron chi connectivity index (χ0n) is 14.4. The summed E-state index contributed by atoms with van der Waals surface area (Å²) in [5.74, 6) is 0.197.